The van der Waals surface area contributed by atoms with Crippen molar-refractivity contribution < 1.29 is 37.4 Å². The Hall–Kier alpha value is -0.750. The number of aromatic nitrogens is 2. The molecule has 142 valence electrons. The van der Waals surface area contributed by atoms with Gasteiger partial charge in [0.25, 0.3) is 5.56 Å². The van der Waals surface area contributed by atoms with Gasteiger partial charge < -0.3 is 19.4 Å². The fourth-order valence-corrected chi connectivity index (χ4v) is 4.39. The topological polar surface area (TPSA) is 177 Å². The first-order chi connectivity index (χ1) is 11.4. The minimum atomic E-state index is -5.26. The summed E-state index contributed by atoms with van der Waals surface area (Å²) in [5.74, 6) is 0.0220. The number of phosphoric ester groups is 1. The zero-order valence-electron chi connectivity index (χ0n) is 12.7. The monoisotopic (exact) mass is 418 g/mol. The Balaban J connectivity index is 2.22. The zero-order chi connectivity index (χ0) is 19.0. The number of rotatable bonds is 6. The van der Waals surface area contributed by atoms with Crippen LogP contribution in [0.4, 0.5) is 0 Å². The third kappa shape index (κ3) is 5.36. The predicted octanol–water partition coefficient (Wildman–Crippen LogP) is -0.343. The van der Waals surface area contributed by atoms with Crippen molar-refractivity contribution in [1.29, 1.82) is 0 Å². The molecule has 1 aliphatic rings. The van der Waals surface area contributed by atoms with Gasteiger partial charge in [-0.3, -0.25) is 18.9 Å². The van der Waals surface area contributed by atoms with Gasteiger partial charge in [-0.25, -0.2) is 13.9 Å². The SMILES string of the molecule is Cc1cn([C@H]2C[C@H](OP(=O)(O)OP(=O)(O)O)[C@@H](CS)O2)c(=O)[nH]c1=O. The molecule has 0 radical (unpaired) electrons. The lowest BCUT2D eigenvalue weighted by molar-refractivity contribution is -0.00760. The van der Waals surface area contributed by atoms with Crippen LogP contribution in [0.2, 0.25) is 0 Å². The van der Waals surface area contributed by atoms with Gasteiger partial charge in [0.15, 0.2) is 0 Å². The molecule has 1 fully saturated rings. The van der Waals surface area contributed by atoms with Crippen LogP contribution in [-0.4, -0.2) is 42.2 Å². The van der Waals surface area contributed by atoms with Crippen LogP contribution in [0.15, 0.2) is 15.8 Å². The smallest absolute Gasteiger partial charge is 0.351 e. The maximum Gasteiger partial charge on any atom is 0.481 e. The fraction of sp³-hybridized carbons (Fsp3) is 0.600. The molecule has 1 saturated heterocycles. The van der Waals surface area contributed by atoms with Crippen molar-refractivity contribution in [2.24, 2.45) is 0 Å². The predicted molar refractivity (Wildman–Crippen MR) is 86.3 cm³/mol. The summed E-state index contributed by atoms with van der Waals surface area (Å²) in [5.41, 5.74) is -1.07. The van der Waals surface area contributed by atoms with E-state index in [1.807, 2.05) is 0 Å². The van der Waals surface area contributed by atoms with E-state index in [4.69, 9.17) is 19.0 Å². The first-order valence-electron chi connectivity index (χ1n) is 6.78. The van der Waals surface area contributed by atoms with Gasteiger partial charge in [0, 0.05) is 23.9 Å². The van der Waals surface area contributed by atoms with Crippen molar-refractivity contribution in [3.63, 3.8) is 0 Å². The van der Waals surface area contributed by atoms with Crippen LogP contribution in [0.25, 0.3) is 0 Å². The summed E-state index contributed by atoms with van der Waals surface area (Å²) in [6.45, 7) is 1.48. The molecule has 4 N–H and O–H groups in total. The third-order valence-corrected chi connectivity index (χ3v) is 5.87. The van der Waals surface area contributed by atoms with Crippen LogP contribution in [0.1, 0.15) is 18.2 Å². The van der Waals surface area contributed by atoms with E-state index in [2.05, 4.69) is 21.9 Å². The second-order valence-electron chi connectivity index (χ2n) is 5.21. The summed E-state index contributed by atoms with van der Waals surface area (Å²) in [6, 6.07) is 0. The molecule has 0 saturated carbocycles. The lowest BCUT2D eigenvalue weighted by Gasteiger charge is -2.19. The molecule has 25 heavy (non-hydrogen) atoms. The van der Waals surface area contributed by atoms with Crippen molar-refractivity contribution in [2.45, 2.75) is 31.8 Å². The molecule has 0 aliphatic carbocycles. The summed E-state index contributed by atoms with van der Waals surface area (Å²) < 4.78 is 37.5. The highest BCUT2D eigenvalue weighted by Crippen LogP contribution is 2.59. The Kier molecular flexibility index (Phi) is 6.14. The minimum Gasteiger partial charge on any atom is -0.351 e. The van der Waals surface area contributed by atoms with E-state index in [9.17, 15) is 23.6 Å². The molecule has 0 aromatic carbocycles. The molecule has 1 aromatic heterocycles. The van der Waals surface area contributed by atoms with E-state index >= 15 is 0 Å². The number of H-pyrrole nitrogens is 1. The van der Waals surface area contributed by atoms with Gasteiger partial charge in [-0.2, -0.15) is 16.9 Å². The Bertz CT molecular complexity index is 847. The molecule has 1 aliphatic heterocycles. The maximum atomic E-state index is 11.9. The quantitative estimate of drug-likeness (QED) is 0.303. The Morgan fingerprint density at radius 2 is 2.04 bits per heavy atom. The summed E-state index contributed by atoms with van der Waals surface area (Å²) in [6.07, 6.45) is -1.81. The molecule has 0 bridgehead atoms. The molecule has 2 heterocycles. The molecule has 1 unspecified atom stereocenters. The van der Waals surface area contributed by atoms with Crippen molar-refractivity contribution in [3.8, 4) is 0 Å². The van der Waals surface area contributed by atoms with Crippen molar-refractivity contribution in [3.05, 3.63) is 32.6 Å². The number of aromatic amines is 1. The Morgan fingerprint density at radius 3 is 2.60 bits per heavy atom. The van der Waals surface area contributed by atoms with Gasteiger partial charge in [0.2, 0.25) is 0 Å². The van der Waals surface area contributed by atoms with Crippen LogP contribution >= 0.6 is 28.3 Å². The summed E-state index contributed by atoms with van der Waals surface area (Å²) in [5, 5.41) is 0. The Morgan fingerprint density at radius 1 is 1.40 bits per heavy atom. The van der Waals surface area contributed by atoms with Crippen molar-refractivity contribution >= 4 is 28.3 Å². The first-order valence-corrected chi connectivity index (χ1v) is 10.4. The maximum absolute atomic E-state index is 11.9. The van der Waals surface area contributed by atoms with E-state index in [0.717, 1.165) is 4.57 Å². The van der Waals surface area contributed by atoms with Crippen LogP contribution in [0, 0.1) is 6.92 Å². The number of ether oxygens (including phenoxy) is 1. The normalized spacial score (nSPS) is 26.5. The van der Waals surface area contributed by atoms with Crippen LogP contribution in [-0.2, 0) is 22.7 Å². The van der Waals surface area contributed by atoms with Gasteiger partial charge in [-0.1, -0.05) is 0 Å². The van der Waals surface area contributed by atoms with Crippen LogP contribution < -0.4 is 11.2 Å². The highest BCUT2D eigenvalue weighted by molar-refractivity contribution is 7.80. The number of hydrogen-bond donors (Lipinski definition) is 5. The zero-order valence-corrected chi connectivity index (χ0v) is 15.4. The van der Waals surface area contributed by atoms with Crippen LogP contribution in [0.5, 0.6) is 0 Å². The summed E-state index contributed by atoms with van der Waals surface area (Å²) in [4.78, 5) is 52.1. The van der Waals surface area contributed by atoms with Crippen molar-refractivity contribution in [2.75, 3.05) is 5.75 Å². The van der Waals surface area contributed by atoms with Crippen molar-refractivity contribution in [1.82, 2.24) is 9.55 Å². The van der Waals surface area contributed by atoms with E-state index in [-0.39, 0.29) is 17.7 Å². The lowest BCUT2D eigenvalue weighted by atomic mass is 10.2. The minimum absolute atomic E-state index is 0.0220. The standard InChI is InChI=1S/C10H16N2O10P2S/c1-5-3-12(10(14)11-9(5)13)8-2-6(7(4-25)20-8)21-24(18,19)22-23(15,16)17/h3,6-8,25H,2,4H2,1H3,(H,18,19)(H,11,13,14)(H2,15,16,17)/t6-,7+,8+/m0/s1. The number of thiol groups is 1. The average molecular weight is 418 g/mol. The van der Waals surface area contributed by atoms with Gasteiger partial charge in [0.1, 0.15) is 12.3 Å². The molecule has 0 spiro atoms. The molecule has 4 atom stereocenters. The van der Waals surface area contributed by atoms with E-state index in [1.54, 1.807) is 0 Å². The number of phosphoric acid groups is 2. The van der Waals surface area contributed by atoms with Gasteiger partial charge in [-0.15, -0.1) is 0 Å². The molecule has 0 amide bonds. The largest absolute Gasteiger partial charge is 0.481 e. The molecule has 1 aromatic rings. The van der Waals surface area contributed by atoms with E-state index < -0.39 is 45.3 Å². The second kappa shape index (κ2) is 7.47. The number of nitrogens with one attached hydrogen (secondary N) is 1. The molecule has 2 rings (SSSR count). The van der Waals surface area contributed by atoms with Crippen LogP contribution in [0.3, 0.4) is 0 Å². The fourth-order valence-electron chi connectivity index (χ4n) is 2.27. The van der Waals surface area contributed by atoms with E-state index in [0.29, 0.717) is 0 Å². The van der Waals surface area contributed by atoms with Gasteiger partial charge >= 0.3 is 21.3 Å². The molecule has 12 nitrogen and oxygen atoms in total. The first kappa shape index (κ1) is 20.6. The Labute approximate surface area is 146 Å². The lowest BCUT2D eigenvalue weighted by Crippen LogP contribution is -2.33. The molecule has 15 heteroatoms. The second-order valence-corrected chi connectivity index (χ2v) is 8.36. The van der Waals surface area contributed by atoms with Gasteiger partial charge in [-0.05, 0) is 6.92 Å². The highest BCUT2D eigenvalue weighted by atomic mass is 32.1. The van der Waals surface area contributed by atoms with Gasteiger partial charge in [0.05, 0.1) is 6.10 Å². The van der Waals surface area contributed by atoms with E-state index in [1.165, 1.54) is 13.1 Å². The number of nitrogens with zero attached hydrogens (tertiary/aromatic N) is 1. The molecular formula is C10H16N2O10P2S. The average Bonchev–Trinajstić information content (AvgIpc) is 2.81. The highest BCUT2D eigenvalue weighted by Gasteiger charge is 2.43. The number of aryl methyl sites for hydroxylation is 1. The third-order valence-electron chi connectivity index (χ3n) is 3.29. The summed E-state index contributed by atoms with van der Waals surface area (Å²) in [7, 11) is -10.3. The summed E-state index contributed by atoms with van der Waals surface area (Å²) >= 11 is 4.01. The number of hydrogen-bond acceptors (Lipinski definition) is 8. The molecular weight excluding hydrogens is 402 g/mol.